The van der Waals surface area contributed by atoms with Crippen LogP contribution in [0, 0.1) is 5.92 Å². The van der Waals surface area contributed by atoms with Gasteiger partial charge in [0.2, 0.25) is 0 Å². The summed E-state index contributed by atoms with van der Waals surface area (Å²) in [5, 5.41) is 9.84. The minimum Gasteiger partial charge on any atom is -0.378 e. The van der Waals surface area contributed by atoms with Crippen molar-refractivity contribution in [1.82, 2.24) is 0 Å². The molecule has 1 aromatic carbocycles. The first kappa shape index (κ1) is 12.5. The second-order valence-electron chi connectivity index (χ2n) is 5.72. The molecule has 0 aromatic heterocycles. The van der Waals surface area contributed by atoms with Crippen LogP contribution in [0.4, 0.5) is 11.4 Å². The SMILES string of the molecule is CN(CC1CCC1)c1ccc2c(c1)N(C)C(=O)C2O. The molecule has 102 valence electrons. The topological polar surface area (TPSA) is 43.8 Å². The summed E-state index contributed by atoms with van der Waals surface area (Å²) in [4.78, 5) is 15.5. The van der Waals surface area contributed by atoms with Crippen molar-refractivity contribution in [3.05, 3.63) is 23.8 Å². The molecule has 0 spiro atoms. The molecule has 0 radical (unpaired) electrons. The zero-order valence-electron chi connectivity index (χ0n) is 11.5. The molecule has 4 heteroatoms. The van der Waals surface area contributed by atoms with Crippen LogP contribution in [0.1, 0.15) is 30.9 Å². The van der Waals surface area contributed by atoms with Crippen molar-refractivity contribution in [1.29, 1.82) is 0 Å². The Balaban J connectivity index is 1.83. The molecule has 2 aliphatic rings. The molecule has 1 aliphatic heterocycles. The summed E-state index contributed by atoms with van der Waals surface area (Å²) >= 11 is 0. The maximum atomic E-state index is 11.7. The summed E-state index contributed by atoms with van der Waals surface area (Å²) in [5.74, 6) is 0.567. The average Bonchev–Trinajstić information content (AvgIpc) is 2.58. The van der Waals surface area contributed by atoms with Crippen LogP contribution in [0.5, 0.6) is 0 Å². The molecular formula is C15H20N2O2. The molecule has 0 bridgehead atoms. The number of aliphatic hydroxyl groups excluding tert-OH is 1. The van der Waals surface area contributed by atoms with Gasteiger partial charge in [-0.05, 0) is 30.9 Å². The normalized spacial score (nSPS) is 22.4. The number of benzene rings is 1. The van der Waals surface area contributed by atoms with Crippen molar-refractivity contribution in [2.75, 3.05) is 30.4 Å². The average molecular weight is 260 g/mol. The highest BCUT2D eigenvalue weighted by atomic mass is 16.3. The second kappa shape index (κ2) is 4.53. The minimum absolute atomic E-state index is 0.242. The molecule has 3 rings (SSSR count). The highest BCUT2D eigenvalue weighted by molar-refractivity contribution is 6.03. The van der Waals surface area contributed by atoms with Crippen LogP contribution in [0.25, 0.3) is 0 Å². The first-order valence-electron chi connectivity index (χ1n) is 6.88. The number of carbonyl (C=O) groups is 1. The van der Waals surface area contributed by atoms with Crippen LogP contribution in [0.2, 0.25) is 0 Å². The predicted octanol–water partition coefficient (Wildman–Crippen LogP) is 1.93. The fraction of sp³-hybridized carbons (Fsp3) is 0.533. The maximum Gasteiger partial charge on any atom is 0.260 e. The summed E-state index contributed by atoms with van der Waals surface area (Å²) in [6.45, 7) is 1.07. The van der Waals surface area contributed by atoms with Gasteiger partial charge < -0.3 is 14.9 Å². The van der Waals surface area contributed by atoms with Crippen LogP contribution in [-0.2, 0) is 4.79 Å². The third-order valence-electron chi connectivity index (χ3n) is 4.43. The van der Waals surface area contributed by atoms with E-state index >= 15 is 0 Å². The van der Waals surface area contributed by atoms with Crippen LogP contribution < -0.4 is 9.80 Å². The number of carbonyl (C=O) groups excluding carboxylic acids is 1. The highest BCUT2D eigenvalue weighted by Crippen LogP contribution is 2.37. The zero-order valence-corrected chi connectivity index (χ0v) is 11.5. The molecule has 1 aromatic rings. The molecule has 1 atom stereocenters. The lowest BCUT2D eigenvalue weighted by atomic mass is 9.85. The Labute approximate surface area is 113 Å². The predicted molar refractivity (Wildman–Crippen MR) is 75.4 cm³/mol. The minimum atomic E-state index is -0.994. The fourth-order valence-corrected chi connectivity index (χ4v) is 2.89. The van der Waals surface area contributed by atoms with Gasteiger partial charge in [-0.3, -0.25) is 4.79 Å². The van der Waals surface area contributed by atoms with Gasteiger partial charge in [-0.2, -0.15) is 0 Å². The maximum absolute atomic E-state index is 11.7. The Bertz CT molecular complexity index is 511. The number of anilines is 2. The lowest BCUT2D eigenvalue weighted by molar-refractivity contribution is -0.125. The smallest absolute Gasteiger partial charge is 0.260 e. The number of hydrogen-bond donors (Lipinski definition) is 1. The summed E-state index contributed by atoms with van der Waals surface area (Å²) < 4.78 is 0. The van der Waals surface area contributed by atoms with E-state index in [2.05, 4.69) is 11.9 Å². The number of hydrogen-bond acceptors (Lipinski definition) is 3. The lowest BCUT2D eigenvalue weighted by Crippen LogP contribution is -2.29. The molecule has 1 heterocycles. The van der Waals surface area contributed by atoms with E-state index in [1.165, 1.54) is 19.3 Å². The van der Waals surface area contributed by atoms with E-state index in [4.69, 9.17) is 0 Å². The first-order valence-corrected chi connectivity index (χ1v) is 6.88. The number of nitrogens with zero attached hydrogens (tertiary/aromatic N) is 2. The molecule has 1 N–H and O–H groups in total. The van der Waals surface area contributed by atoms with E-state index < -0.39 is 6.10 Å². The largest absolute Gasteiger partial charge is 0.378 e. The number of amides is 1. The highest BCUT2D eigenvalue weighted by Gasteiger charge is 2.33. The van der Waals surface area contributed by atoms with E-state index in [9.17, 15) is 9.90 Å². The van der Waals surface area contributed by atoms with Gasteiger partial charge in [0, 0.05) is 31.9 Å². The molecule has 1 fully saturated rings. The van der Waals surface area contributed by atoms with Gasteiger partial charge >= 0.3 is 0 Å². The molecule has 1 saturated carbocycles. The van der Waals surface area contributed by atoms with Gasteiger partial charge in [0.25, 0.3) is 5.91 Å². The van der Waals surface area contributed by atoms with Crippen molar-refractivity contribution in [2.24, 2.45) is 5.92 Å². The van der Waals surface area contributed by atoms with E-state index in [1.54, 1.807) is 11.9 Å². The molecular weight excluding hydrogens is 240 g/mol. The van der Waals surface area contributed by atoms with E-state index in [-0.39, 0.29) is 5.91 Å². The van der Waals surface area contributed by atoms with Gasteiger partial charge in [-0.25, -0.2) is 0 Å². The van der Waals surface area contributed by atoms with E-state index in [0.717, 1.165) is 23.8 Å². The Hall–Kier alpha value is -1.55. The van der Waals surface area contributed by atoms with Gasteiger partial charge in [0.1, 0.15) is 0 Å². The van der Waals surface area contributed by atoms with E-state index in [0.29, 0.717) is 5.56 Å². The van der Waals surface area contributed by atoms with Crippen molar-refractivity contribution in [3.63, 3.8) is 0 Å². The number of aliphatic hydroxyl groups is 1. The molecule has 1 amide bonds. The van der Waals surface area contributed by atoms with Crippen molar-refractivity contribution < 1.29 is 9.90 Å². The number of likely N-dealkylation sites (N-methyl/N-ethyl adjacent to an activating group) is 1. The third kappa shape index (κ3) is 2.00. The van der Waals surface area contributed by atoms with Crippen molar-refractivity contribution in [3.8, 4) is 0 Å². The van der Waals surface area contributed by atoms with E-state index in [1.807, 2.05) is 18.2 Å². The van der Waals surface area contributed by atoms with Crippen LogP contribution in [-0.4, -0.2) is 31.7 Å². The second-order valence-corrected chi connectivity index (χ2v) is 5.72. The molecule has 0 saturated heterocycles. The Kier molecular flexibility index (Phi) is 2.97. The van der Waals surface area contributed by atoms with Crippen LogP contribution in [0.3, 0.4) is 0 Å². The van der Waals surface area contributed by atoms with Crippen LogP contribution in [0.15, 0.2) is 18.2 Å². The van der Waals surface area contributed by atoms with Gasteiger partial charge in [-0.1, -0.05) is 12.5 Å². The Morgan fingerprint density at radius 3 is 2.79 bits per heavy atom. The molecule has 1 aliphatic carbocycles. The molecule has 1 unspecified atom stereocenters. The summed E-state index contributed by atoms with van der Waals surface area (Å²) in [6, 6.07) is 5.86. The van der Waals surface area contributed by atoms with Crippen molar-refractivity contribution >= 4 is 17.3 Å². The molecule has 19 heavy (non-hydrogen) atoms. The number of rotatable bonds is 3. The van der Waals surface area contributed by atoms with Gasteiger partial charge in [0.05, 0.1) is 5.69 Å². The standard InChI is InChI=1S/C15H20N2O2/c1-16(9-10-4-3-5-10)11-6-7-12-13(8-11)17(2)15(19)14(12)18/h6-8,10,14,18H,3-5,9H2,1-2H3. The Morgan fingerprint density at radius 2 is 2.16 bits per heavy atom. The fourth-order valence-electron chi connectivity index (χ4n) is 2.89. The zero-order chi connectivity index (χ0) is 13.6. The number of fused-ring (bicyclic) bond motifs is 1. The lowest BCUT2D eigenvalue weighted by Gasteiger charge is -2.31. The quantitative estimate of drug-likeness (QED) is 0.903. The van der Waals surface area contributed by atoms with Gasteiger partial charge in [-0.15, -0.1) is 0 Å². The van der Waals surface area contributed by atoms with Crippen LogP contribution >= 0.6 is 0 Å². The monoisotopic (exact) mass is 260 g/mol. The first-order chi connectivity index (χ1) is 9.08. The summed E-state index contributed by atoms with van der Waals surface area (Å²) in [6.07, 6.45) is 3.01. The summed E-state index contributed by atoms with van der Waals surface area (Å²) in [7, 11) is 3.81. The third-order valence-corrected chi connectivity index (χ3v) is 4.43. The molecule has 4 nitrogen and oxygen atoms in total. The Morgan fingerprint density at radius 1 is 1.42 bits per heavy atom. The van der Waals surface area contributed by atoms with Crippen molar-refractivity contribution in [2.45, 2.75) is 25.4 Å². The summed E-state index contributed by atoms with van der Waals surface area (Å²) in [5.41, 5.74) is 2.66. The van der Waals surface area contributed by atoms with Gasteiger partial charge in [0.15, 0.2) is 6.10 Å².